The second-order valence-electron chi connectivity index (χ2n) is 5.62. The van der Waals surface area contributed by atoms with E-state index in [9.17, 15) is 0 Å². The number of imidazole rings is 1. The average molecular weight is 294 g/mol. The number of aryl methyl sites for hydroxylation is 1. The van der Waals surface area contributed by atoms with Crippen LogP contribution in [0.5, 0.6) is 0 Å². The third-order valence-electron chi connectivity index (χ3n) is 4.03. The molecular formula is C16H18N6. The summed E-state index contributed by atoms with van der Waals surface area (Å²) in [4.78, 5) is 15.6. The highest BCUT2D eigenvalue weighted by Gasteiger charge is 2.15. The van der Waals surface area contributed by atoms with Crippen LogP contribution in [-0.2, 0) is 7.05 Å². The molecule has 22 heavy (non-hydrogen) atoms. The van der Waals surface area contributed by atoms with Gasteiger partial charge in [-0.15, -0.1) is 0 Å². The van der Waals surface area contributed by atoms with Crippen molar-refractivity contribution >= 4 is 28.5 Å². The van der Waals surface area contributed by atoms with Crippen molar-refractivity contribution in [1.29, 1.82) is 0 Å². The summed E-state index contributed by atoms with van der Waals surface area (Å²) in [6.07, 6.45) is 6.07. The summed E-state index contributed by atoms with van der Waals surface area (Å²) in [6.45, 7) is 2.09. The maximum absolute atomic E-state index is 4.61. The Balaban J connectivity index is 1.60. The molecule has 1 aromatic carbocycles. The topological polar surface area (TPSA) is 58.9 Å². The van der Waals surface area contributed by atoms with Crippen LogP contribution in [0.4, 0.5) is 17.5 Å². The zero-order chi connectivity index (χ0) is 14.9. The monoisotopic (exact) mass is 294 g/mol. The molecule has 0 radical (unpaired) electrons. The van der Waals surface area contributed by atoms with E-state index in [2.05, 4.69) is 31.2 Å². The first-order chi connectivity index (χ1) is 10.8. The van der Waals surface area contributed by atoms with Gasteiger partial charge in [0.25, 0.3) is 0 Å². The standard InChI is InChI=1S/C16H18N6/c1-21-11-18-13-10-12(4-5-14(13)21)19-15-6-7-17-16(20-15)22-8-2-3-9-22/h4-7,10-11H,2-3,8-9H2,1H3,(H,17,19,20). The number of aromatic nitrogens is 4. The predicted octanol–water partition coefficient (Wildman–Crippen LogP) is 2.71. The summed E-state index contributed by atoms with van der Waals surface area (Å²) in [6, 6.07) is 8.03. The number of fused-ring (bicyclic) bond motifs is 1. The number of benzene rings is 1. The van der Waals surface area contributed by atoms with Crippen molar-refractivity contribution in [2.24, 2.45) is 7.05 Å². The lowest BCUT2D eigenvalue weighted by molar-refractivity contribution is 0.900. The number of nitrogens with zero attached hydrogens (tertiary/aromatic N) is 5. The summed E-state index contributed by atoms with van der Waals surface area (Å²) in [7, 11) is 2.00. The minimum absolute atomic E-state index is 0.807. The lowest BCUT2D eigenvalue weighted by Crippen LogP contribution is -2.20. The number of hydrogen-bond acceptors (Lipinski definition) is 5. The lowest BCUT2D eigenvalue weighted by Gasteiger charge is -2.15. The van der Waals surface area contributed by atoms with E-state index in [1.54, 1.807) is 0 Å². The largest absolute Gasteiger partial charge is 0.341 e. The number of rotatable bonds is 3. The van der Waals surface area contributed by atoms with E-state index in [1.807, 2.05) is 42.3 Å². The fraction of sp³-hybridized carbons (Fsp3) is 0.312. The molecule has 6 nitrogen and oxygen atoms in total. The zero-order valence-corrected chi connectivity index (χ0v) is 12.5. The fourth-order valence-corrected chi connectivity index (χ4v) is 2.85. The maximum atomic E-state index is 4.61. The van der Waals surface area contributed by atoms with Gasteiger partial charge in [-0.2, -0.15) is 4.98 Å². The normalized spacial score (nSPS) is 14.7. The second-order valence-corrected chi connectivity index (χ2v) is 5.62. The molecule has 1 aliphatic heterocycles. The molecule has 112 valence electrons. The van der Waals surface area contributed by atoms with Crippen molar-refractivity contribution in [1.82, 2.24) is 19.5 Å². The van der Waals surface area contributed by atoms with Crippen molar-refractivity contribution in [3.8, 4) is 0 Å². The molecule has 0 spiro atoms. The van der Waals surface area contributed by atoms with Crippen LogP contribution in [0, 0.1) is 0 Å². The van der Waals surface area contributed by atoms with Crippen LogP contribution < -0.4 is 10.2 Å². The zero-order valence-electron chi connectivity index (χ0n) is 12.5. The quantitative estimate of drug-likeness (QED) is 0.805. The van der Waals surface area contributed by atoms with Crippen molar-refractivity contribution in [2.45, 2.75) is 12.8 Å². The third kappa shape index (κ3) is 2.36. The van der Waals surface area contributed by atoms with Gasteiger partial charge in [0.2, 0.25) is 5.95 Å². The van der Waals surface area contributed by atoms with Crippen LogP contribution in [0.15, 0.2) is 36.8 Å². The van der Waals surface area contributed by atoms with Crippen molar-refractivity contribution in [3.63, 3.8) is 0 Å². The molecule has 0 amide bonds. The van der Waals surface area contributed by atoms with E-state index in [1.165, 1.54) is 12.8 Å². The Morgan fingerprint density at radius 3 is 2.82 bits per heavy atom. The summed E-state index contributed by atoms with van der Waals surface area (Å²) < 4.78 is 2.01. The van der Waals surface area contributed by atoms with E-state index < -0.39 is 0 Å². The highest BCUT2D eigenvalue weighted by atomic mass is 15.3. The molecule has 0 atom stereocenters. The summed E-state index contributed by atoms with van der Waals surface area (Å²) in [5, 5.41) is 3.34. The van der Waals surface area contributed by atoms with Crippen LogP contribution in [0.3, 0.4) is 0 Å². The Labute approximate surface area is 128 Å². The Hall–Kier alpha value is -2.63. The van der Waals surface area contributed by atoms with E-state index in [0.717, 1.165) is 41.6 Å². The van der Waals surface area contributed by atoms with Crippen molar-refractivity contribution in [3.05, 3.63) is 36.8 Å². The van der Waals surface area contributed by atoms with E-state index in [4.69, 9.17) is 0 Å². The summed E-state index contributed by atoms with van der Waals surface area (Å²) in [5.74, 6) is 1.62. The van der Waals surface area contributed by atoms with Gasteiger partial charge in [0.1, 0.15) is 5.82 Å². The average Bonchev–Trinajstić information content (AvgIpc) is 3.18. The predicted molar refractivity (Wildman–Crippen MR) is 87.5 cm³/mol. The van der Waals surface area contributed by atoms with E-state index in [-0.39, 0.29) is 0 Å². The van der Waals surface area contributed by atoms with Gasteiger partial charge in [-0.25, -0.2) is 9.97 Å². The van der Waals surface area contributed by atoms with Crippen LogP contribution >= 0.6 is 0 Å². The molecule has 2 aromatic heterocycles. The highest BCUT2D eigenvalue weighted by molar-refractivity contribution is 5.80. The third-order valence-corrected chi connectivity index (χ3v) is 4.03. The van der Waals surface area contributed by atoms with Crippen LogP contribution in [0.25, 0.3) is 11.0 Å². The van der Waals surface area contributed by atoms with Gasteiger partial charge in [0, 0.05) is 32.0 Å². The van der Waals surface area contributed by atoms with E-state index in [0.29, 0.717) is 0 Å². The Morgan fingerprint density at radius 2 is 1.95 bits per heavy atom. The Bertz CT molecular complexity index is 803. The van der Waals surface area contributed by atoms with Gasteiger partial charge in [-0.05, 0) is 37.1 Å². The molecule has 4 rings (SSSR count). The second kappa shape index (κ2) is 5.29. The van der Waals surface area contributed by atoms with E-state index >= 15 is 0 Å². The van der Waals surface area contributed by atoms with Gasteiger partial charge in [0.15, 0.2) is 0 Å². The van der Waals surface area contributed by atoms with Gasteiger partial charge >= 0.3 is 0 Å². The molecule has 1 aliphatic rings. The summed E-state index contributed by atoms with van der Waals surface area (Å²) in [5.41, 5.74) is 3.07. The van der Waals surface area contributed by atoms with Crippen LogP contribution in [0.1, 0.15) is 12.8 Å². The number of nitrogens with one attached hydrogen (secondary N) is 1. The first-order valence-electron chi connectivity index (χ1n) is 7.56. The van der Waals surface area contributed by atoms with Crippen molar-refractivity contribution < 1.29 is 0 Å². The lowest BCUT2D eigenvalue weighted by atomic mass is 10.2. The number of anilines is 3. The molecule has 6 heteroatoms. The first kappa shape index (κ1) is 13.1. The van der Waals surface area contributed by atoms with Crippen molar-refractivity contribution in [2.75, 3.05) is 23.3 Å². The van der Waals surface area contributed by atoms with Crippen LogP contribution in [0.2, 0.25) is 0 Å². The molecule has 0 aliphatic carbocycles. The fourth-order valence-electron chi connectivity index (χ4n) is 2.85. The molecule has 0 saturated carbocycles. The smallest absolute Gasteiger partial charge is 0.227 e. The molecule has 0 bridgehead atoms. The van der Waals surface area contributed by atoms with Gasteiger partial charge in [-0.3, -0.25) is 0 Å². The minimum Gasteiger partial charge on any atom is -0.341 e. The molecule has 1 N–H and O–H groups in total. The van der Waals surface area contributed by atoms with Gasteiger partial charge < -0.3 is 14.8 Å². The Morgan fingerprint density at radius 1 is 1.09 bits per heavy atom. The molecular weight excluding hydrogens is 276 g/mol. The molecule has 1 saturated heterocycles. The minimum atomic E-state index is 0.807. The SMILES string of the molecule is Cn1cnc2cc(Nc3ccnc(N4CCCC4)n3)ccc21. The molecule has 1 fully saturated rings. The molecule has 3 aromatic rings. The first-order valence-corrected chi connectivity index (χ1v) is 7.56. The van der Waals surface area contributed by atoms with Crippen LogP contribution in [-0.4, -0.2) is 32.6 Å². The molecule has 3 heterocycles. The highest BCUT2D eigenvalue weighted by Crippen LogP contribution is 2.22. The molecule has 0 unspecified atom stereocenters. The maximum Gasteiger partial charge on any atom is 0.227 e. The van der Waals surface area contributed by atoms with Gasteiger partial charge in [0.05, 0.1) is 17.4 Å². The number of hydrogen-bond donors (Lipinski definition) is 1. The Kier molecular flexibility index (Phi) is 3.14. The summed E-state index contributed by atoms with van der Waals surface area (Å²) >= 11 is 0. The van der Waals surface area contributed by atoms with Gasteiger partial charge in [-0.1, -0.05) is 0 Å².